The molecule has 5 nitrogen and oxygen atoms in total. The van der Waals surface area contributed by atoms with Crippen molar-refractivity contribution in [1.29, 1.82) is 0 Å². The first-order valence-corrected chi connectivity index (χ1v) is 5.63. The van der Waals surface area contributed by atoms with Crippen LogP contribution in [0.5, 0.6) is 5.75 Å². The first-order valence-electron chi connectivity index (χ1n) is 5.63. The summed E-state index contributed by atoms with van der Waals surface area (Å²) in [7, 11) is 1.42. The van der Waals surface area contributed by atoms with E-state index in [0.29, 0.717) is 22.7 Å². The van der Waals surface area contributed by atoms with E-state index >= 15 is 0 Å². The highest BCUT2D eigenvalue weighted by molar-refractivity contribution is 5.66. The van der Waals surface area contributed by atoms with Crippen LogP contribution in [0.3, 0.4) is 0 Å². The summed E-state index contributed by atoms with van der Waals surface area (Å²) in [6.45, 7) is 0. The molecule has 1 aromatic carbocycles. The molecule has 19 heavy (non-hydrogen) atoms. The average Bonchev–Trinajstić information content (AvgIpc) is 2.85. The third kappa shape index (κ3) is 1.87. The Morgan fingerprint density at radius 1 is 1.26 bits per heavy atom. The molecule has 96 valence electrons. The first kappa shape index (κ1) is 11.5. The quantitative estimate of drug-likeness (QED) is 0.764. The highest BCUT2D eigenvalue weighted by Crippen LogP contribution is 2.26. The molecule has 2 heterocycles. The van der Waals surface area contributed by atoms with Crippen LogP contribution in [0.1, 0.15) is 0 Å². The van der Waals surface area contributed by atoms with Gasteiger partial charge in [0.15, 0.2) is 17.2 Å². The van der Waals surface area contributed by atoms with Crippen LogP contribution < -0.4 is 10.5 Å². The topological polar surface area (TPSA) is 65.4 Å². The highest BCUT2D eigenvalue weighted by Gasteiger charge is 2.10. The molecule has 0 fully saturated rings. The molecule has 3 aromatic rings. The fourth-order valence-electron chi connectivity index (χ4n) is 1.96. The molecule has 0 amide bonds. The van der Waals surface area contributed by atoms with Gasteiger partial charge in [-0.15, -0.1) is 0 Å². The van der Waals surface area contributed by atoms with Crippen molar-refractivity contribution < 1.29 is 9.13 Å². The third-order valence-corrected chi connectivity index (χ3v) is 2.83. The molecule has 0 radical (unpaired) electrons. The lowest BCUT2D eigenvalue weighted by Gasteiger charge is -2.08. The molecule has 6 heteroatoms. The molecule has 0 unspecified atom stereocenters. The molecule has 0 spiro atoms. The minimum atomic E-state index is -0.435. The third-order valence-electron chi connectivity index (χ3n) is 2.83. The molecule has 2 N–H and O–H groups in total. The van der Waals surface area contributed by atoms with Crippen molar-refractivity contribution in [3.63, 3.8) is 0 Å². The van der Waals surface area contributed by atoms with Crippen LogP contribution in [0, 0.1) is 5.82 Å². The average molecular weight is 258 g/mol. The Kier molecular flexibility index (Phi) is 2.56. The number of aromatic nitrogens is 3. The number of hydrogen-bond donors (Lipinski definition) is 1. The Balaban J connectivity index is 2.23. The predicted molar refractivity (Wildman–Crippen MR) is 69.3 cm³/mol. The fourth-order valence-corrected chi connectivity index (χ4v) is 1.96. The lowest BCUT2D eigenvalue weighted by Crippen LogP contribution is -2.00. The zero-order valence-corrected chi connectivity index (χ0v) is 10.2. The van der Waals surface area contributed by atoms with E-state index < -0.39 is 5.82 Å². The molecular formula is C13H11FN4O. The van der Waals surface area contributed by atoms with Crippen molar-refractivity contribution in [3.8, 4) is 17.0 Å². The van der Waals surface area contributed by atoms with Gasteiger partial charge in [0, 0.05) is 17.7 Å². The number of methoxy groups -OCH3 is 1. The van der Waals surface area contributed by atoms with Gasteiger partial charge in [0.05, 0.1) is 19.0 Å². The molecule has 0 saturated carbocycles. The van der Waals surface area contributed by atoms with Gasteiger partial charge in [-0.05, 0) is 18.2 Å². The van der Waals surface area contributed by atoms with Gasteiger partial charge in [0.1, 0.15) is 5.82 Å². The SMILES string of the molecule is COc1ccc(-c2cc(N)nc3ccnn23)cc1F. The number of anilines is 1. The van der Waals surface area contributed by atoms with Crippen LogP contribution in [0.15, 0.2) is 36.5 Å². The number of nitrogens with two attached hydrogens (primary N) is 1. The van der Waals surface area contributed by atoms with Crippen molar-refractivity contribution in [2.24, 2.45) is 0 Å². The summed E-state index contributed by atoms with van der Waals surface area (Å²) in [5, 5.41) is 4.15. The fraction of sp³-hybridized carbons (Fsp3) is 0.0769. The zero-order valence-electron chi connectivity index (χ0n) is 10.2. The number of halogens is 1. The highest BCUT2D eigenvalue weighted by atomic mass is 19.1. The van der Waals surface area contributed by atoms with E-state index in [4.69, 9.17) is 10.5 Å². The molecule has 0 bridgehead atoms. The lowest BCUT2D eigenvalue weighted by atomic mass is 10.1. The number of fused-ring (bicyclic) bond motifs is 1. The molecule has 0 aliphatic heterocycles. The molecule has 0 saturated heterocycles. The Labute approximate surface area is 108 Å². The smallest absolute Gasteiger partial charge is 0.165 e. The molecule has 0 aliphatic carbocycles. The van der Waals surface area contributed by atoms with Gasteiger partial charge in [-0.25, -0.2) is 13.9 Å². The van der Waals surface area contributed by atoms with Crippen LogP contribution in [-0.4, -0.2) is 21.7 Å². The van der Waals surface area contributed by atoms with Crippen LogP contribution in [0.4, 0.5) is 10.2 Å². The van der Waals surface area contributed by atoms with Gasteiger partial charge in [0.2, 0.25) is 0 Å². The van der Waals surface area contributed by atoms with Gasteiger partial charge in [0.25, 0.3) is 0 Å². The van der Waals surface area contributed by atoms with Gasteiger partial charge < -0.3 is 10.5 Å². The Morgan fingerprint density at radius 3 is 2.84 bits per heavy atom. The van der Waals surface area contributed by atoms with E-state index in [2.05, 4.69) is 10.1 Å². The molecular weight excluding hydrogens is 247 g/mol. The number of nitrogens with zero attached hydrogens (tertiary/aromatic N) is 3. The first-order chi connectivity index (χ1) is 9.19. The second kappa shape index (κ2) is 4.24. The normalized spacial score (nSPS) is 10.8. The number of ether oxygens (including phenoxy) is 1. The molecule has 0 atom stereocenters. The predicted octanol–water partition coefficient (Wildman–Crippen LogP) is 2.13. The van der Waals surface area contributed by atoms with Gasteiger partial charge >= 0.3 is 0 Å². The summed E-state index contributed by atoms with van der Waals surface area (Å²) in [5.74, 6) is 0.123. The largest absolute Gasteiger partial charge is 0.494 e. The summed E-state index contributed by atoms with van der Waals surface area (Å²) in [6, 6.07) is 8.09. The zero-order chi connectivity index (χ0) is 13.4. The maximum absolute atomic E-state index is 13.8. The monoisotopic (exact) mass is 258 g/mol. The van der Waals surface area contributed by atoms with Crippen LogP contribution >= 0.6 is 0 Å². The minimum Gasteiger partial charge on any atom is -0.494 e. The number of hydrogen-bond acceptors (Lipinski definition) is 4. The van der Waals surface area contributed by atoms with Crippen LogP contribution in [0.25, 0.3) is 16.9 Å². The van der Waals surface area contributed by atoms with Crippen molar-refractivity contribution in [2.45, 2.75) is 0 Å². The summed E-state index contributed by atoms with van der Waals surface area (Å²) >= 11 is 0. The Hall–Kier alpha value is -2.63. The van der Waals surface area contributed by atoms with E-state index in [1.807, 2.05) is 0 Å². The van der Waals surface area contributed by atoms with Crippen molar-refractivity contribution >= 4 is 11.5 Å². The lowest BCUT2D eigenvalue weighted by molar-refractivity contribution is 0.386. The van der Waals surface area contributed by atoms with Gasteiger partial charge in [-0.1, -0.05) is 0 Å². The number of rotatable bonds is 2. The van der Waals surface area contributed by atoms with Crippen molar-refractivity contribution in [1.82, 2.24) is 14.6 Å². The minimum absolute atomic E-state index is 0.197. The van der Waals surface area contributed by atoms with Crippen LogP contribution in [0.2, 0.25) is 0 Å². The maximum Gasteiger partial charge on any atom is 0.165 e. The Morgan fingerprint density at radius 2 is 2.11 bits per heavy atom. The summed E-state index contributed by atoms with van der Waals surface area (Å²) < 4.78 is 20.3. The summed E-state index contributed by atoms with van der Waals surface area (Å²) in [4.78, 5) is 4.14. The van der Waals surface area contributed by atoms with E-state index in [0.717, 1.165) is 0 Å². The second-order valence-corrected chi connectivity index (χ2v) is 4.02. The Bertz CT molecular complexity index is 753. The molecule has 0 aliphatic rings. The van der Waals surface area contributed by atoms with Crippen LogP contribution in [-0.2, 0) is 0 Å². The molecule has 3 rings (SSSR count). The van der Waals surface area contributed by atoms with Gasteiger partial charge in [-0.3, -0.25) is 0 Å². The number of nitrogen functional groups attached to an aromatic ring is 1. The molecule has 2 aromatic heterocycles. The maximum atomic E-state index is 13.8. The summed E-state index contributed by atoms with van der Waals surface area (Å²) in [5.41, 5.74) is 7.69. The standard InChI is InChI=1S/C13H11FN4O/c1-19-11-3-2-8(6-9(11)14)10-7-12(15)17-13-4-5-16-18(10)13/h2-7H,1H3,(H2,15,17). The van der Waals surface area contributed by atoms with E-state index in [1.54, 1.807) is 35.0 Å². The van der Waals surface area contributed by atoms with E-state index in [9.17, 15) is 4.39 Å². The van der Waals surface area contributed by atoms with Crippen molar-refractivity contribution in [2.75, 3.05) is 12.8 Å². The van der Waals surface area contributed by atoms with E-state index in [-0.39, 0.29) is 5.75 Å². The number of benzene rings is 1. The van der Waals surface area contributed by atoms with Crippen molar-refractivity contribution in [3.05, 3.63) is 42.3 Å². The summed E-state index contributed by atoms with van der Waals surface area (Å²) in [6.07, 6.45) is 1.62. The van der Waals surface area contributed by atoms with E-state index in [1.165, 1.54) is 13.2 Å². The van der Waals surface area contributed by atoms with Gasteiger partial charge in [-0.2, -0.15) is 5.10 Å². The second-order valence-electron chi connectivity index (χ2n) is 4.02.